The van der Waals surface area contributed by atoms with Gasteiger partial charge in [0.2, 0.25) is 5.91 Å². The van der Waals surface area contributed by atoms with Crippen molar-refractivity contribution in [3.05, 3.63) is 109 Å². The van der Waals surface area contributed by atoms with E-state index < -0.39 is 0 Å². The normalized spacial score (nSPS) is 10.5. The first-order chi connectivity index (χ1) is 14.7. The summed E-state index contributed by atoms with van der Waals surface area (Å²) in [5.74, 6) is 0.0152. The highest BCUT2D eigenvalue weighted by atomic mass is 32.1. The quantitative estimate of drug-likeness (QED) is 0.338. The molecule has 0 aliphatic carbocycles. The van der Waals surface area contributed by atoms with Crippen LogP contribution in [0.1, 0.15) is 5.56 Å². The van der Waals surface area contributed by atoms with E-state index in [1.807, 2.05) is 53.9 Å². The zero-order valence-electron chi connectivity index (χ0n) is 16.6. The van der Waals surface area contributed by atoms with Gasteiger partial charge in [0.1, 0.15) is 0 Å². The molecule has 0 bridgehead atoms. The number of amides is 1. The number of thiazole rings is 1. The first-order valence-electron chi connectivity index (χ1n) is 9.81. The Morgan fingerprint density at radius 3 is 2.13 bits per heavy atom. The van der Waals surface area contributed by atoms with Crippen LogP contribution in [0.3, 0.4) is 0 Å². The highest BCUT2D eigenvalue weighted by Gasteiger charge is 2.18. The number of hydrogen-bond acceptors (Lipinski definition) is 3. The van der Waals surface area contributed by atoms with E-state index in [1.165, 1.54) is 22.5 Å². The van der Waals surface area contributed by atoms with Gasteiger partial charge in [-0.15, -0.1) is 17.9 Å². The van der Waals surface area contributed by atoms with Crippen molar-refractivity contribution >= 4 is 22.4 Å². The number of anilines is 1. The molecule has 0 aliphatic rings. The van der Waals surface area contributed by atoms with Crippen LogP contribution in [-0.4, -0.2) is 17.4 Å². The molecule has 0 fully saturated rings. The first-order valence-corrected chi connectivity index (χ1v) is 10.7. The summed E-state index contributed by atoms with van der Waals surface area (Å²) < 4.78 is 0. The summed E-state index contributed by atoms with van der Waals surface area (Å²) in [6, 6.07) is 28.4. The van der Waals surface area contributed by atoms with Crippen LogP contribution in [-0.2, 0) is 11.2 Å². The third-order valence-electron chi connectivity index (χ3n) is 4.82. The molecule has 0 saturated carbocycles. The van der Waals surface area contributed by atoms with Gasteiger partial charge in [-0.1, -0.05) is 91.0 Å². The van der Waals surface area contributed by atoms with Crippen molar-refractivity contribution in [3.8, 4) is 22.4 Å². The minimum atomic E-state index is 0.0152. The largest absolute Gasteiger partial charge is 0.284 e. The van der Waals surface area contributed by atoms with E-state index in [1.54, 1.807) is 11.0 Å². The van der Waals surface area contributed by atoms with Crippen LogP contribution in [0.4, 0.5) is 5.13 Å². The maximum Gasteiger partial charge on any atom is 0.233 e. The number of benzene rings is 3. The molecule has 0 unspecified atom stereocenters. The van der Waals surface area contributed by atoms with E-state index in [2.05, 4.69) is 43.0 Å². The zero-order valence-corrected chi connectivity index (χ0v) is 17.4. The predicted molar refractivity (Wildman–Crippen MR) is 126 cm³/mol. The standard InChI is InChI=1S/C26H22N2OS/c1-2-17-28(25(29)18-20-9-5-3-6-10-20)26-27-24(19-30-26)23-15-13-22(14-16-23)21-11-7-4-8-12-21/h2-16,19H,1,17-18H2. The van der Waals surface area contributed by atoms with Crippen molar-refractivity contribution in [2.24, 2.45) is 0 Å². The Morgan fingerprint density at radius 2 is 1.47 bits per heavy atom. The molecule has 0 saturated heterocycles. The number of carbonyl (C=O) groups is 1. The molecule has 4 heteroatoms. The molecule has 1 aromatic heterocycles. The van der Waals surface area contributed by atoms with Gasteiger partial charge in [-0.3, -0.25) is 9.69 Å². The van der Waals surface area contributed by atoms with Gasteiger partial charge in [0, 0.05) is 17.5 Å². The van der Waals surface area contributed by atoms with Crippen molar-refractivity contribution in [1.82, 2.24) is 4.98 Å². The second-order valence-corrected chi connectivity index (χ2v) is 7.75. The monoisotopic (exact) mass is 410 g/mol. The molecule has 3 nitrogen and oxygen atoms in total. The Kier molecular flexibility index (Phi) is 6.16. The topological polar surface area (TPSA) is 33.2 Å². The second kappa shape index (κ2) is 9.33. The lowest BCUT2D eigenvalue weighted by molar-refractivity contribution is -0.117. The molecule has 148 valence electrons. The molecular formula is C26H22N2OS. The van der Waals surface area contributed by atoms with Gasteiger partial charge in [0.05, 0.1) is 12.1 Å². The van der Waals surface area contributed by atoms with Gasteiger partial charge in [0.25, 0.3) is 0 Å². The first kappa shape index (κ1) is 19.8. The molecule has 0 radical (unpaired) electrons. The summed E-state index contributed by atoms with van der Waals surface area (Å²) in [6.45, 7) is 4.24. The maximum absolute atomic E-state index is 12.9. The van der Waals surface area contributed by atoms with Crippen molar-refractivity contribution in [1.29, 1.82) is 0 Å². The number of hydrogen-bond donors (Lipinski definition) is 0. The minimum Gasteiger partial charge on any atom is -0.284 e. The van der Waals surface area contributed by atoms with E-state index in [4.69, 9.17) is 4.98 Å². The molecule has 0 atom stereocenters. The Bertz CT molecular complexity index is 1120. The molecule has 30 heavy (non-hydrogen) atoms. The minimum absolute atomic E-state index is 0.0152. The van der Waals surface area contributed by atoms with Crippen molar-refractivity contribution < 1.29 is 4.79 Å². The predicted octanol–water partition coefficient (Wildman–Crippen LogP) is 6.24. The Labute approximate surface area is 181 Å². The Balaban J connectivity index is 1.54. The lowest BCUT2D eigenvalue weighted by atomic mass is 10.0. The van der Waals surface area contributed by atoms with E-state index in [9.17, 15) is 4.79 Å². The van der Waals surface area contributed by atoms with Crippen LogP contribution in [0.25, 0.3) is 22.4 Å². The number of aromatic nitrogens is 1. The maximum atomic E-state index is 12.9. The summed E-state index contributed by atoms with van der Waals surface area (Å²) in [5.41, 5.74) is 5.25. The van der Waals surface area contributed by atoms with Crippen molar-refractivity contribution in [2.75, 3.05) is 11.4 Å². The van der Waals surface area contributed by atoms with Crippen LogP contribution < -0.4 is 4.90 Å². The molecule has 1 amide bonds. The summed E-state index contributed by atoms with van der Waals surface area (Å²) >= 11 is 1.48. The highest BCUT2D eigenvalue weighted by molar-refractivity contribution is 7.14. The average Bonchev–Trinajstić information content (AvgIpc) is 3.28. The van der Waals surface area contributed by atoms with Gasteiger partial charge in [-0.2, -0.15) is 0 Å². The third kappa shape index (κ3) is 4.56. The Hall–Kier alpha value is -3.50. The molecule has 0 N–H and O–H groups in total. The molecule has 3 aromatic carbocycles. The van der Waals surface area contributed by atoms with Crippen LogP contribution >= 0.6 is 11.3 Å². The van der Waals surface area contributed by atoms with Gasteiger partial charge < -0.3 is 0 Å². The summed E-state index contributed by atoms with van der Waals surface area (Å²) in [4.78, 5) is 19.3. The molecule has 1 heterocycles. The fourth-order valence-corrected chi connectivity index (χ4v) is 4.13. The zero-order chi connectivity index (χ0) is 20.8. The van der Waals surface area contributed by atoms with E-state index in [0.29, 0.717) is 18.1 Å². The highest BCUT2D eigenvalue weighted by Crippen LogP contribution is 2.29. The van der Waals surface area contributed by atoms with E-state index >= 15 is 0 Å². The molecular weight excluding hydrogens is 388 g/mol. The summed E-state index contributed by atoms with van der Waals surface area (Å²) in [7, 11) is 0. The smallest absolute Gasteiger partial charge is 0.233 e. The van der Waals surface area contributed by atoms with Crippen molar-refractivity contribution in [3.63, 3.8) is 0 Å². The molecule has 4 aromatic rings. The van der Waals surface area contributed by atoms with Crippen LogP contribution in [0.5, 0.6) is 0 Å². The summed E-state index contributed by atoms with van der Waals surface area (Å²) in [6.07, 6.45) is 2.08. The van der Waals surface area contributed by atoms with Crippen LogP contribution in [0, 0.1) is 0 Å². The Morgan fingerprint density at radius 1 is 0.867 bits per heavy atom. The van der Waals surface area contributed by atoms with Crippen LogP contribution in [0.2, 0.25) is 0 Å². The fourth-order valence-electron chi connectivity index (χ4n) is 3.27. The van der Waals surface area contributed by atoms with E-state index in [0.717, 1.165) is 16.8 Å². The fraction of sp³-hybridized carbons (Fsp3) is 0.0769. The lowest BCUT2D eigenvalue weighted by Gasteiger charge is -2.18. The van der Waals surface area contributed by atoms with Crippen LogP contribution in [0.15, 0.2) is 103 Å². The summed E-state index contributed by atoms with van der Waals surface area (Å²) in [5, 5.41) is 2.69. The third-order valence-corrected chi connectivity index (χ3v) is 5.69. The molecule has 0 aliphatic heterocycles. The van der Waals surface area contributed by atoms with Gasteiger partial charge in [-0.05, 0) is 16.7 Å². The van der Waals surface area contributed by atoms with Gasteiger partial charge >= 0.3 is 0 Å². The second-order valence-electron chi connectivity index (χ2n) is 6.91. The average molecular weight is 411 g/mol. The van der Waals surface area contributed by atoms with Gasteiger partial charge in [-0.25, -0.2) is 4.98 Å². The van der Waals surface area contributed by atoms with E-state index in [-0.39, 0.29) is 5.91 Å². The van der Waals surface area contributed by atoms with Gasteiger partial charge in [0.15, 0.2) is 5.13 Å². The van der Waals surface area contributed by atoms with Crippen molar-refractivity contribution in [2.45, 2.75) is 6.42 Å². The SMILES string of the molecule is C=CCN(C(=O)Cc1ccccc1)c1nc(-c2ccc(-c3ccccc3)cc2)cs1. The molecule has 0 spiro atoms. The lowest BCUT2D eigenvalue weighted by Crippen LogP contribution is -2.32. The number of nitrogens with zero attached hydrogens (tertiary/aromatic N) is 2. The number of carbonyl (C=O) groups excluding carboxylic acids is 1. The molecule has 4 rings (SSSR count). The number of rotatable bonds is 7.